The normalized spacial score (nSPS) is 12.9. The first-order valence-corrected chi connectivity index (χ1v) is 9.83. The summed E-state index contributed by atoms with van der Waals surface area (Å²) < 4.78 is 0. The van der Waals surface area contributed by atoms with Crippen molar-refractivity contribution in [2.24, 2.45) is 5.92 Å². The lowest BCUT2D eigenvalue weighted by molar-refractivity contribution is -0.141. The molecule has 0 heterocycles. The Morgan fingerprint density at radius 2 is 1.38 bits per heavy atom. The summed E-state index contributed by atoms with van der Waals surface area (Å²) in [6.07, 6.45) is -0.176. The molecule has 29 heavy (non-hydrogen) atoms. The van der Waals surface area contributed by atoms with Gasteiger partial charge in [0.15, 0.2) is 5.78 Å². The van der Waals surface area contributed by atoms with Crippen molar-refractivity contribution >= 4 is 36.0 Å². The van der Waals surface area contributed by atoms with E-state index in [2.05, 4.69) is 12.6 Å². The predicted octanol–water partition coefficient (Wildman–Crippen LogP) is 5.66. The molecule has 0 aromatic heterocycles. The summed E-state index contributed by atoms with van der Waals surface area (Å²) in [5.41, 5.74) is 2.98. The number of aliphatic carboxylic acids is 1. The number of phenolic OH excluding ortho intramolecular Hbond substituents is 1. The molecule has 2 unspecified atom stereocenters. The lowest BCUT2D eigenvalue weighted by atomic mass is 9.91. The molecule has 3 aromatic carbocycles. The second-order valence-corrected chi connectivity index (χ2v) is 7.69. The van der Waals surface area contributed by atoms with Crippen LogP contribution in [0.1, 0.15) is 27.6 Å². The average molecular weight is 427 g/mol. The molecule has 0 aliphatic heterocycles. The fourth-order valence-corrected chi connectivity index (χ4v) is 3.58. The van der Waals surface area contributed by atoms with Crippen molar-refractivity contribution in [3.05, 3.63) is 88.9 Å². The number of hydrogen-bond acceptors (Lipinski definition) is 4. The van der Waals surface area contributed by atoms with Crippen molar-refractivity contribution in [1.29, 1.82) is 0 Å². The van der Waals surface area contributed by atoms with E-state index in [1.807, 2.05) is 24.3 Å². The molecule has 0 saturated carbocycles. The second kappa shape index (κ2) is 9.16. The van der Waals surface area contributed by atoms with E-state index in [0.717, 1.165) is 11.1 Å². The number of thiol groups is 1. The number of Topliss-reactive ketones (excluding diaryl/α,β-unsaturated/α-hetero) is 1. The molecule has 2 atom stereocenters. The van der Waals surface area contributed by atoms with Crippen LogP contribution in [0.25, 0.3) is 11.1 Å². The fraction of sp³-hybridized carbons (Fsp3) is 0.130. The quantitative estimate of drug-likeness (QED) is 0.336. The van der Waals surface area contributed by atoms with Gasteiger partial charge in [0.25, 0.3) is 0 Å². The molecule has 148 valence electrons. The second-order valence-electron chi connectivity index (χ2n) is 6.69. The van der Waals surface area contributed by atoms with Gasteiger partial charge in [-0.05, 0) is 41.0 Å². The van der Waals surface area contributed by atoms with Gasteiger partial charge in [-0.15, -0.1) is 0 Å². The van der Waals surface area contributed by atoms with Crippen molar-refractivity contribution in [2.45, 2.75) is 11.7 Å². The number of benzene rings is 3. The first-order chi connectivity index (χ1) is 13.8. The van der Waals surface area contributed by atoms with Crippen LogP contribution in [-0.2, 0) is 4.79 Å². The smallest absolute Gasteiger partial charge is 0.308 e. The number of aromatic hydroxyl groups is 1. The van der Waals surface area contributed by atoms with E-state index in [-0.39, 0.29) is 18.0 Å². The zero-order valence-electron chi connectivity index (χ0n) is 15.3. The van der Waals surface area contributed by atoms with E-state index in [4.69, 9.17) is 11.6 Å². The Morgan fingerprint density at radius 3 is 1.90 bits per heavy atom. The fourth-order valence-electron chi connectivity index (χ4n) is 3.05. The van der Waals surface area contributed by atoms with Crippen LogP contribution in [0, 0.1) is 5.92 Å². The Balaban J connectivity index is 1.75. The standard InChI is InChI=1S/C23H19ClO4S/c24-18-9-5-15(6-10-18)14-1-3-16(4-2-14)21(26)13-20(23(27)28)22(29)17-7-11-19(25)12-8-17/h1-12,20,22,25,29H,13H2,(H,27,28). The van der Waals surface area contributed by atoms with Crippen LogP contribution in [0.5, 0.6) is 5.75 Å². The van der Waals surface area contributed by atoms with E-state index >= 15 is 0 Å². The molecule has 0 saturated heterocycles. The minimum atomic E-state index is -1.09. The summed E-state index contributed by atoms with van der Waals surface area (Å²) in [4.78, 5) is 24.4. The molecule has 0 fully saturated rings. The Morgan fingerprint density at radius 1 is 0.862 bits per heavy atom. The third kappa shape index (κ3) is 5.19. The SMILES string of the molecule is O=C(CC(C(=O)O)C(S)c1ccc(O)cc1)c1ccc(-c2ccc(Cl)cc2)cc1. The van der Waals surface area contributed by atoms with Crippen LogP contribution in [0.4, 0.5) is 0 Å². The molecule has 0 aliphatic carbocycles. The molecule has 4 nitrogen and oxygen atoms in total. The molecule has 2 N–H and O–H groups in total. The summed E-state index contributed by atoms with van der Waals surface area (Å²) in [6, 6.07) is 20.6. The summed E-state index contributed by atoms with van der Waals surface area (Å²) in [6.45, 7) is 0. The van der Waals surface area contributed by atoms with Crippen LogP contribution in [0.15, 0.2) is 72.8 Å². The highest BCUT2D eigenvalue weighted by Gasteiger charge is 2.29. The summed E-state index contributed by atoms with van der Waals surface area (Å²) in [7, 11) is 0. The third-order valence-corrected chi connectivity index (χ3v) is 5.63. The number of carboxylic acid groups (broad SMARTS) is 1. The number of ketones is 1. The highest BCUT2D eigenvalue weighted by atomic mass is 35.5. The van der Waals surface area contributed by atoms with E-state index in [9.17, 15) is 19.8 Å². The topological polar surface area (TPSA) is 74.6 Å². The first-order valence-electron chi connectivity index (χ1n) is 8.94. The molecule has 3 aromatic rings. The van der Waals surface area contributed by atoms with Gasteiger partial charge in [-0.3, -0.25) is 9.59 Å². The molecule has 0 amide bonds. The zero-order chi connectivity index (χ0) is 21.0. The largest absolute Gasteiger partial charge is 0.508 e. The van der Waals surface area contributed by atoms with Crippen LogP contribution in [-0.4, -0.2) is 22.0 Å². The monoisotopic (exact) mass is 426 g/mol. The third-order valence-electron chi connectivity index (χ3n) is 4.72. The highest BCUT2D eigenvalue weighted by molar-refractivity contribution is 7.80. The lowest BCUT2D eigenvalue weighted by Gasteiger charge is -2.19. The number of carboxylic acids is 1. The van der Waals surface area contributed by atoms with Gasteiger partial charge in [0.1, 0.15) is 5.75 Å². The molecule has 3 rings (SSSR count). The number of phenols is 1. The number of hydrogen-bond donors (Lipinski definition) is 3. The van der Waals surface area contributed by atoms with E-state index < -0.39 is 17.1 Å². The van der Waals surface area contributed by atoms with Gasteiger partial charge in [0, 0.05) is 22.3 Å². The zero-order valence-corrected chi connectivity index (χ0v) is 17.0. The molecule has 6 heteroatoms. The maximum absolute atomic E-state index is 12.7. The van der Waals surface area contributed by atoms with Gasteiger partial charge in [-0.2, -0.15) is 12.6 Å². The average Bonchev–Trinajstić information content (AvgIpc) is 2.72. The summed E-state index contributed by atoms with van der Waals surface area (Å²) in [5.74, 6) is -2.27. The van der Waals surface area contributed by atoms with Crippen LogP contribution >= 0.6 is 24.2 Å². The van der Waals surface area contributed by atoms with Crippen molar-refractivity contribution in [3.8, 4) is 16.9 Å². The van der Waals surface area contributed by atoms with Gasteiger partial charge >= 0.3 is 5.97 Å². The van der Waals surface area contributed by atoms with Gasteiger partial charge in [0.2, 0.25) is 0 Å². The Kier molecular flexibility index (Phi) is 6.62. The van der Waals surface area contributed by atoms with E-state index in [1.54, 1.807) is 36.4 Å². The molecular formula is C23H19ClO4S. The Labute approximate surface area is 179 Å². The number of carbonyl (C=O) groups excluding carboxylic acids is 1. The molecule has 0 radical (unpaired) electrons. The number of rotatable bonds is 7. The van der Waals surface area contributed by atoms with Gasteiger partial charge in [0.05, 0.1) is 5.92 Å². The molecule has 0 aliphatic rings. The van der Waals surface area contributed by atoms with Gasteiger partial charge < -0.3 is 10.2 Å². The summed E-state index contributed by atoms with van der Waals surface area (Å²) >= 11 is 10.3. The van der Waals surface area contributed by atoms with E-state index in [0.29, 0.717) is 16.1 Å². The van der Waals surface area contributed by atoms with Crippen LogP contribution < -0.4 is 0 Å². The van der Waals surface area contributed by atoms with Crippen molar-refractivity contribution in [2.75, 3.05) is 0 Å². The van der Waals surface area contributed by atoms with Crippen LogP contribution in [0.2, 0.25) is 5.02 Å². The van der Waals surface area contributed by atoms with Crippen molar-refractivity contribution in [3.63, 3.8) is 0 Å². The van der Waals surface area contributed by atoms with Crippen molar-refractivity contribution < 1.29 is 19.8 Å². The highest BCUT2D eigenvalue weighted by Crippen LogP contribution is 2.33. The van der Waals surface area contributed by atoms with E-state index in [1.165, 1.54) is 12.1 Å². The minimum absolute atomic E-state index is 0.0815. The maximum atomic E-state index is 12.7. The molecule has 0 spiro atoms. The maximum Gasteiger partial charge on any atom is 0.308 e. The minimum Gasteiger partial charge on any atom is -0.508 e. The lowest BCUT2D eigenvalue weighted by Crippen LogP contribution is -2.22. The number of halogens is 1. The molecule has 0 bridgehead atoms. The molecular weight excluding hydrogens is 408 g/mol. The van der Waals surface area contributed by atoms with Crippen molar-refractivity contribution in [1.82, 2.24) is 0 Å². The van der Waals surface area contributed by atoms with Gasteiger partial charge in [-0.1, -0.05) is 60.1 Å². The van der Waals surface area contributed by atoms with Crippen LogP contribution in [0.3, 0.4) is 0 Å². The summed E-state index contributed by atoms with van der Waals surface area (Å²) in [5, 5.41) is 19.0. The Hall–Kier alpha value is -2.76. The first kappa shape index (κ1) is 21.0. The predicted molar refractivity (Wildman–Crippen MR) is 117 cm³/mol. The Bertz CT molecular complexity index is 999. The van der Waals surface area contributed by atoms with Gasteiger partial charge in [-0.25, -0.2) is 0 Å². The number of carbonyl (C=O) groups is 2.